The first-order chi connectivity index (χ1) is 18.6. The molecule has 0 unspecified atom stereocenters. The zero-order chi connectivity index (χ0) is 27.6. The third-order valence-electron chi connectivity index (χ3n) is 8.47. The first-order valence-electron chi connectivity index (χ1n) is 14.1. The van der Waals surface area contributed by atoms with Crippen molar-refractivity contribution in [2.75, 3.05) is 0 Å². The zero-order valence-corrected chi connectivity index (χ0v) is 24.6. The maximum absolute atomic E-state index is 9.13. The van der Waals surface area contributed by atoms with E-state index in [0.717, 1.165) is 16.5 Å². The van der Waals surface area contributed by atoms with Crippen LogP contribution in [0.3, 0.4) is 0 Å². The van der Waals surface area contributed by atoms with Crippen molar-refractivity contribution >= 4 is 51.0 Å². The van der Waals surface area contributed by atoms with Crippen LogP contribution in [0.4, 0.5) is 0 Å². The molecule has 0 spiro atoms. The average molecular weight is 515 g/mol. The van der Waals surface area contributed by atoms with Crippen molar-refractivity contribution in [2.24, 2.45) is 7.05 Å². The topological polar surface area (TPSA) is 8.81 Å². The molecule has 0 N–H and O–H groups in total. The molecule has 38 heavy (non-hydrogen) atoms. The second kappa shape index (κ2) is 8.95. The third-order valence-corrected chi connectivity index (χ3v) is 12.0. The number of aromatic nitrogens is 2. The second-order valence-electron chi connectivity index (χ2n) is 11.5. The van der Waals surface area contributed by atoms with E-state index in [2.05, 4.69) is 142 Å². The van der Waals surface area contributed by atoms with Gasteiger partial charge in [-0.3, -0.25) is 0 Å². The van der Waals surface area contributed by atoms with Crippen molar-refractivity contribution in [2.45, 2.75) is 46.8 Å². The molecular weight excluding hydrogens is 476 g/mol. The molecule has 0 aliphatic carbocycles. The van der Waals surface area contributed by atoms with E-state index in [1.54, 1.807) is 0 Å². The van der Waals surface area contributed by atoms with E-state index in [1.807, 2.05) is 0 Å². The predicted molar refractivity (Wildman–Crippen MR) is 167 cm³/mol. The smallest absolute Gasteiger partial charge is 0.220 e. The SMILES string of the molecule is [2H]c1c(C)[n+](C)c(-c2cc3c(cc2C)c2ccccc2n3C(C)C)c2ccc([Si](C)(C)c3ccccc3)cc12. The molecule has 0 bridgehead atoms. The van der Waals surface area contributed by atoms with E-state index < -0.39 is 8.07 Å². The van der Waals surface area contributed by atoms with Gasteiger partial charge < -0.3 is 4.57 Å². The fourth-order valence-corrected chi connectivity index (χ4v) is 8.55. The van der Waals surface area contributed by atoms with Crippen molar-refractivity contribution in [3.8, 4) is 11.3 Å². The van der Waals surface area contributed by atoms with Gasteiger partial charge in [0.25, 0.3) is 0 Å². The molecule has 4 aromatic carbocycles. The van der Waals surface area contributed by atoms with Crippen molar-refractivity contribution < 1.29 is 5.94 Å². The Morgan fingerprint density at radius 1 is 0.763 bits per heavy atom. The summed E-state index contributed by atoms with van der Waals surface area (Å²) in [4.78, 5) is 0. The molecule has 0 amide bonds. The van der Waals surface area contributed by atoms with E-state index in [4.69, 9.17) is 1.37 Å². The summed E-state index contributed by atoms with van der Waals surface area (Å²) < 4.78 is 13.8. The molecule has 0 atom stereocenters. The lowest BCUT2D eigenvalue weighted by Crippen LogP contribution is -2.52. The van der Waals surface area contributed by atoms with Crippen LogP contribution < -0.4 is 14.9 Å². The van der Waals surface area contributed by atoms with Gasteiger partial charge in [-0.2, -0.15) is 4.57 Å². The van der Waals surface area contributed by atoms with Crippen molar-refractivity contribution in [1.29, 1.82) is 0 Å². The number of para-hydroxylation sites is 1. The van der Waals surface area contributed by atoms with Gasteiger partial charge in [0.1, 0.15) is 15.1 Å². The molecule has 2 nitrogen and oxygen atoms in total. The Kier molecular flexibility index (Phi) is 5.52. The van der Waals surface area contributed by atoms with Gasteiger partial charge in [0, 0.05) is 35.3 Å². The number of rotatable bonds is 4. The van der Waals surface area contributed by atoms with Crippen LogP contribution in [0.25, 0.3) is 43.8 Å². The lowest BCUT2D eigenvalue weighted by molar-refractivity contribution is -0.665. The fraction of sp³-hybridized carbons (Fsp3) is 0.229. The van der Waals surface area contributed by atoms with Gasteiger partial charge in [-0.25, -0.2) is 0 Å². The number of benzene rings is 4. The summed E-state index contributed by atoms with van der Waals surface area (Å²) in [7, 11) is 0.208. The molecule has 0 radical (unpaired) electrons. The highest BCUT2D eigenvalue weighted by Crippen LogP contribution is 2.37. The summed E-state index contributed by atoms with van der Waals surface area (Å²) in [5, 5.41) is 7.57. The summed E-state index contributed by atoms with van der Waals surface area (Å²) in [6, 6.07) is 32.2. The van der Waals surface area contributed by atoms with Crippen LogP contribution in [0.5, 0.6) is 0 Å². The minimum Gasteiger partial charge on any atom is -0.338 e. The van der Waals surface area contributed by atoms with Crippen molar-refractivity contribution in [3.05, 3.63) is 102 Å². The highest BCUT2D eigenvalue weighted by atomic mass is 28.3. The summed E-state index contributed by atoms with van der Waals surface area (Å²) in [6.45, 7) is 13.7. The summed E-state index contributed by atoms with van der Waals surface area (Å²) >= 11 is 0. The first kappa shape index (κ1) is 23.4. The standard InChI is InChI=1S/C35H37N2Si/c1-23(2)37-33-16-12-11-15-30(33)32-19-24(3)31(22-34(32)37)35-29-18-17-28(21-26(29)20-25(4)36(35)5)38(6,7)27-13-9-8-10-14-27/h8-23H,1-7H3/q+1/i20D. The summed E-state index contributed by atoms with van der Waals surface area (Å²) in [5.41, 5.74) is 7.20. The Morgan fingerprint density at radius 3 is 2.21 bits per heavy atom. The number of pyridine rings is 1. The van der Waals surface area contributed by atoms with Gasteiger partial charge in [0.05, 0.1) is 17.8 Å². The van der Waals surface area contributed by atoms with E-state index in [9.17, 15) is 0 Å². The van der Waals surface area contributed by atoms with Crippen LogP contribution in [0.15, 0.2) is 91.0 Å². The molecule has 0 aliphatic heterocycles. The molecular formula is C35H37N2Si+. The molecule has 0 saturated heterocycles. The third kappa shape index (κ3) is 3.72. The Bertz CT molecular complexity index is 1900. The van der Waals surface area contributed by atoms with Crippen LogP contribution in [-0.2, 0) is 7.05 Å². The Balaban J connectivity index is 1.65. The highest BCUT2D eigenvalue weighted by molar-refractivity contribution is 7.00. The summed E-state index contributed by atoms with van der Waals surface area (Å²) in [6.07, 6.45) is 0. The minimum absolute atomic E-state index is 0.346. The molecule has 2 heterocycles. The lowest BCUT2D eigenvalue weighted by Gasteiger charge is -2.24. The molecule has 2 aromatic heterocycles. The van der Waals surface area contributed by atoms with Gasteiger partial charge in [-0.15, -0.1) is 0 Å². The highest BCUT2D eigenvalue weighted by Gasteiger charge is 2.28. The Morgan fingerprint density at radius 2 is 1.47 bits per heavy atom. The number of nitrogens with zero attached hydrogens (tertiary/aromatic N) is 2. The van der Waals surface area contributed by atoms with Gasteiger partial charge in [-0.05, 0) is 56.0 Å². The van der Waals surface area contributed by atoms with Crippen LogP contribution in [0.1, 0.15) is 32.5 Å². The van der Waals surface area contributed by atoms with Gasteiger partial charge in [0.2, 0.25) is 5.69 Å². The molecule has 0 saturated carbocycles. The van der Waals surface area contributed by atoms with E-state index in [-0.39, 0.29) is 0 Å². The normalized spacial score (nSPS) is 12.7. The largest absolute Gasteiger partial charge is 0.338 e. The van der Waals surface area contributed by atoms with Gasteiger partial charge in [0.15, 0.2) is 5.69 Å². The summed E-state index contributed by atoms with van der Waals surface area (Å²) in [5.74, 6) is 0. The molecule has 0 aliphatic rings. The monoisotopic (exact) mass is 514 g/mol. The van der Waals surface area contributed by atoms with E-state index >= 15 is 0 Å². The number of aryl methyl sites for hydroxylation is 1. The zero-order valence-electron chi connectivity index (χ0n) is 24.6. The van der Waals surface area contributed by atoms with Gasteiger partial charge in [-0.1, -0.05) is 84.1 Å². The van der Waals surface area contributed by atoms with Crippen LogP contribution in [-0.4, -0.2) is 12.6 Å². The lowest BCUT2D eigenvalue weighted by atomic mass is 9.97. The quantitative estimate of drug-likeness (QED) is 0.171. The first-order valence-corrected chi connectivity index (χ1v) is 16.6. The van der Waals surface area contributed by atoms with Gasteiger partial charge >= 0.3 is 0 Å². The van der Waals surface area contributed by atoms with Crippen LogP contribution in [0, 0.1) is 13.8 Å². The molecule has 190 valence electrons. The number of hydrogen-bond donors (Lipinski definition) is 0. The average Bonchev–Trinajstić information content (AvgIpc) is 3.25. The van der Waals surface area contributed by atoms with Crippen LogP contribution >= 0.6 is 0 Å². The van der Waals surface area contributed by atoms with E-state index in [1.165, 1.54) is 49.0 Å². The molecule has 0 fully saturated rings. The van der Waals surface area contributed by atoms with Crippen LogP contribution in [0.2, 0.25) is 13.1 Å². The number of fused-ring (bicyclic) bond motifs is 4. The van der Waals surface area contributed by atoms with Crippen molar-refractivity contribution in [1.82, 2.24) is 4.57 Å². The minimum atomic E-state index is -1.90. The predicted octanol–water partition coefficient (Wildman–Crippen LogP) is 7.46. The molecule has 6 aromatic rings. The van der Waals surface area contributed by atoms with Crippen molar-refractivity contribution in [3.63, 3.8) is 0 Å². The Hall–Kier alpha value is -3.69. The fourth-order valence-electron chi connectivity index (χ4n) is 6.18. The second-order valence-corrected chi connectivity index (χ2v) is 15.9. The molecule has 3 heteroatoms. The molecule has 6 rings (SSSR count). The maximum atomic E-state index is 9.13. The van der Waals surface area contributed by atoms with E-state index in [0.29, 0.717) is 12.1 Å². The number of hydrogen-bond acceptors (Lipinski definition) is 0. The Labute approximate surface area is 228 Å². The maximum Gasteiger partial charge on any atom is 0.220 e.